The van der Waals surface area contributed by atoms with Gasteiger partial charge in [-0.25, -0.2) is 0 Å². The number of aliphatic hydroxyl groups is 1. The highest BCUT2D eigenvalue weighted by atomic mass is 35.5. The Bertz CT molecular complexity index is 1370. The van der Waals surface area contributed by atoms with Gasteiger partial charge in [-0.05, 0) is 48.2 Å². The first-order chi connectivity index (χ1) is 16.9. The molecule has 0 amide bonds. The molecular weight excluding hydrogens is 466 g/mol. The lowest BCUT2D eigenvalue weighted by molar-refractivity contribution is 0.0404. The molecule has 0 bridgehead atoms. The molecule has 2 aliphatic heterocycles. The molecule has 1 aromatic carbocycles. The lowest BCUT2D eigenvalue weighted by Crippen LogP contribution is -2.52. The quantitative estimate of drug-likeness (QED) is 0.542. The molecule has 5 rings (SSSR count). The van der Waals surface area contributed by atoms with Crippen LogP contribution < -0.4 is 15.6 Å². The van der Waals surface area contributed by atoms with Crippen LogP contribution in [0.2, 0.25) is 5.02 Å². The van der Waals surface area contributed by atoms with Gasteiger partial charge in [0.1, 0.15) is 11.8 Å². The average Bonchev–Trinajstić information content (AvgIpc) is 3.33. The lowest BCUT2D eigenvalue weighted by Gasteiger charge is -2.36. The smallest absolute Gasteiger partial charge is 0.250 e. The molecule has 4 heterocycles. The van der Waals surface area contributed by atoms with Crippen molar-refractivity contribution in [1.29, 1.82) is 5.26 Å². The summed E-state index contributed by atoms with van der Waals surface area (Å²) in [5.41, 5.74) is 5.00. The summed E-state index contributed by atoms with van der Waals surface area (Å²) >= 11 is 6.47. The van der Waals surface area contributed by atoms with Gasteiger partial charge in [0.25, 0.3) is 5.56 Å². The number of halogens is 1. The molecule has 2 atom stereocenters. The van der Waals surface area contributed by atoms with E-state index in [-0.39, 0.29) is 11.6 Å². The highest BCUT2D eigenvalue weighted by molar-refractivity contribution is 6.32. The van der Waals surface area contributed by atoms with Crippen LogP contribution in [0.1, 0.15) is 28.7 Å². The molecule has 182 valence electrons. The van der Waals surface area contributed by atoms with Crippen molar-refractivity contribution in [3.8, 4) is 11.8 Å². The fourth-order valence-corrected chi connectivity index (χ4v) is 5.39. The SMILES string of the molecule is Cn1c(=O)ccc2ncc(Cl)c(CCN3CC[C@H](NCc4cc(C#N)c5c(c4)CCO5)[C@@H](O)C3)c21. The Morgan fingerprint density at radius 2 is 2.23 bits per heavy atom. The van der Waals surface area contributed by atoms with Gasteiger partial charge in [0.15, 0.2) is 0 Å². The van der Waals surface area contributed by atoms with Crippen LogP contribution in [-0.4, -0.2) is 57.9 Å². The Hall–Kier alpha value is -2.96. The van der Waals surface area contributed by atoms with E-state index in [2.05, 4.69) is 27.3 Å². The molecule has 0 unspecified atom stereocenters. The number of nitrogens with one attached hydrogen (secondary N) is 1. The normalized spacial score (nSPS) is 19.9. The Labute approximate surface area is 208 Å². The molecule has 9 heteroatoms. The molecule has 1 fully saturated rings. The molecule has 2 aromatic heterocycles. The van der Waals surface area contributed by atoms with E-state index >= 15 is 0 Å². The Morgan fingerprint density at radius 1 is 1.37 bits per heavy atom. The van der Waals surface area contributed by atoms with Crippen LogP contribution in [0.4, 0.5) is 0 Å². The van der Waals surface area contributed by atoms with Crippen molar-refractivity contribution >= 4 is 22.6 Å². The third-order valence-electron chi connectivity index (χ3n) is 7.06. The number of rotatable bonds is 6. The number of benzene rings is 1. The second-order valence-electron chi connectivity index (χ2n) is 9.29. The second kappa shape index (κ2) is 9.96. The maximum Gasteiger partial charge on any atom is 0.250 e. The number of aliphatic hydroxyl groups excluding tert-OH is 1. The maximum atomic E-state index is 12.2. The molecule has 8 nitrogen and oxygen atoms in total. The van der Waals surface area contributed by atoms with Crippen molar-refractivity contribution in [2.75, 3.05) is 26.2 Å². The minimum atomic E-state index is -0.508. The fourth-order valence-electron chi connectivity index (χ4n) is 5.16. The van der Waals surface area contributed by atoms with Crippen LogP contribution in [0.25, 0.3) is 11.0 Å². The standard InChI is InChI=1S/C26H28ClN5O3/c1-31-24(34)3-2-22-25(31)19(20(27)14-30-22)4-7-32-8-5-21(23(33)15-32)29-13-16-10-17-6-9-35-26(17)18(11-16)12-28/h2-3,10-11,14,21,23,29,33H,4-9,13,15H2,1H3/t21-,23-/m0/s1. The molecule has 3 aromatic rings. The zero-order valence-corrected chi connectivity index (χ0v) is 20.4. The van der Waals surface area contributed by atoms with Gasteiger partial charge >= 0.3 is 0 Å². The van der Waals surface area contributed by atoms with Crippen LogP contribution >= 0.6 is 11.6 Å². The first kappa shape index (κ1) is 23.8. The van der Waals surface area contributed by atoms with E-state index in [0.717, 1.165) is 53.7 Å². The zero-order valence-electron chi connectivity index (χ0n) is 19.6. The summed E-state index contributed by atoms with van der Waals surface area (Å²) in [5, 5.41) is 24.3. The van der Waals surface area contributed by atoms with E-state index in [0.29, 0.717) is 42.5 Å². The van der Waals surface area contributed by atoms with Gasteiger partial charge in [-0.15, -0.1) is 0 Å². The highest BCUT2D eigenvalue weighted by Crippen LogP contribution is 2.31. The molecule has 35 heavy (non-hydrogen) atoms. The van der Waals surface area contributed by atoms with E-state index in [9.17, 15) is 15.2 Å². The summed E-state index contributed by atoms with van der Waals surface area (Å²) in [5.74, 6) is 0.715. The number of likely N-dealkylation sites (tertiary alicyclic amines) is 1. The Kier molecular flexibility index (Phi) is 6.76. The monoisotopic (exact) mass is 493 g/mol. The van der Waals surface area contributed by atoms with E-state index < -0.39 is 6.10 Å². The van der Waals surface area contributed by atoms with Crippen LogP contribution in [0, 0.1) is 11.3 Å². The maximum absolute atomic E-state index is 12.2. The predicted molar refractivity (Wildman–Crippen MR) is 134 cm³/mol. The number of fused-ring (bicyclic) bond motifs is 2. The van der Waals surface area contributed by atoms with Crippen LogP contribution in [0.3, 0.4) is 0 Å². The third kappa shape index (κ3) is 4.78. The van der Waals surface area contributed by atoms with Gasteiger partial charge in [-0.3, -0.25) is 9.78 Å². The number of piperidine rings is 1. The molecule has 0 aliphatic carbocycles. The largest absolute Gasteiger partial charge is 0.492 e. The predicted octanol–water partition coefficient (Wildman–Crippen LogP) is 2.16. The van der Waals surface area contributed by atoms with Crippen molar-refractivity contribution in [2.45, 2.75) is 38.0 Å². The lowest BCUT2D eigenvalue weighted by atomic mass is 9.99. The number of pyridine rings is 2. The zero-order chi connectivity index (χ0) is 24.5. The first-order valence-electron chi connectivity index (χ1n) is 11.9. The first-order valence-corrected chi connectivity index (χ1v) is 12.3. The molecular formula is C26H28ClN5O3. The van der Waals surface area contributed by atoms with Gasteiger partial charge < -0.3 is 24.6 Å². The van der Waals surface area contributed by atoms with Gasteiger partial charge in [0.2, 0.25) is 0 Å². The van der Waals surface area contributed by atoms with Crippen molar-refractivity contribution in [2.24, 2.45) is 7.05 Å². The second-order valence-corrected chi connectivity index (χ2v) is 9.69. The summed E-state index contributed by atoms with van der Waals surface area (Å²) in [7, 11) is 1.74. The molecule has 1 saturated heterocycles. The third-order valence-corrected chi connectivity index (χ3v) is 7.39. The van der Waals surface area contributed by atoms with Crippen LogP contribution in [0.15, 0.2) is 35.3 Å². The van der Waals surface area contributed by atoms with Gasteiger partial charge in [-0.2, -0.15) is 5.26 Å². The summed E-state index contributed by atoms with van der Waals surface area (Å²) in [6, 6.07) is 9.41. The minimum absolute atomic E-state index is 0.0209. The van der Waals surface area contributed by atoms with Crippen LogP contribution in [0.5, 0.6) is 5.75 Å². The average molecular weight is 494 g/mol. The Morgan fingerprint density at radius 3 is 3.03 bits per heavy atom. The van der Waals surface area contributed by atoms with Gasteiger partial charge in [-0.1, -0.05) is 17.7 Å². The molecule has 0 saturated carbocycles. The van der Waals surface area contributed by atoms with Crippen molar-refractivity contribution in [3.05, 3.63) is 68.1 Å². The number of aryl methyl sites for hydroxylation is 1. The number of nitriles is 1. The number of β-amino-alcohol motifs (C(OH)–C–C–N with tert-alkyl or cyclic N) is 1. The summed E-state index contributed by atoms with van der Waals surface area (Å²) in [6.45, 7) is 3.34. The van der Waals surface area contributed by atoms with Crippen LogP contribution in [-0.2, 0) is 26.4 Å². The number of nitrogens with zero attached hydrogens (tertiary/aromatic N) is 4. The minimum Gasteiger partial charge on any atom is -0.492 e. The van der Waals surface area contributed by atoms with Gasteiger partial charge in [0, 0.05) is 51.4 Å². The number of ether oxygens (including phenoxy) is 1. The molecule has 0 spiro atoms. The fraction of sp³-hybridized carbons (Fsp3) is 0.423. The summed E-state index contributed by atoms with van der Waals surface area (Å²) in [6.07, 6.45) is 3.42. The molecule has 0 radical (unpaired) electrons. The van der Waals surface area contributed by atoms with E-state index in [1.165, 1.54) is 6.07 Å². The van der Waals surface area contributed by atoms with Crippen molar-refractivity contribution in [1.82, 2.24) is 19.8 Å². The van der Waals surface area contributed by atoms with Gasteiger partial charge in [0.05, 0.1) is 34.3 Å². The summed E-state index contributed by atoms with van der Waals surface area (Å²) < 4.78 is 7.17. The van der Waals surface area contributed by atoms with Crippen molar-refractivity contribution in [3.63, 3.8) is 0 Å². The number of aromatic nitrogens is 2. The molecule has 2 aliphatic rings. The van der Waals surface area contributed by atoms with E-state index in [1.807, 2.05) is 6.07 Å². The van der Waals surface area contributed by atoms with Crippen molar-refractivity contribution < 1.29 is 9.84 Å². The number of hydrogen-bond donors (Lipinski definition) is 2. The number of hydrogen-bond acceptors (Lipinski definition) is 7. The highest BCUT2D eigenvalue weighted by Gasteiger charge is 2.28. The van der Waals surface area contributed by atoms with E-state index in [1.54, 1.807) is 23.9 Å². The topological polar surface area (TPSA) is 103 Å². The molecule has 2 N–H and O–H groups in total. The summed E-state index contributed by atoms with van der Waals surface area (Å²) in [4.78, 5) is 18.7. The van der Waals surface area contributed by atoms with E-state index in [4.69, 9.17) is 16.3 Å². The Balaban J connectivity index is 1.20.